The number of ketones is 1. The number of hydrogen-bond acceptors (Lipinski definition) is 5. The van der Waals surface area contributed by atoms with Crippen molar-refractivity contribution in [3.63, 3.8) is 0 Å². The fraction of sp³-hybridized carbons (Fsp3) is 0.455. The second kappa shape index (κ2) is 4.00. The Morgan fingerprint density at radius 3 is 2.75 bits per heavy atom. The molecule has 0 N–H and O–H groups in total. The molecule has 5 heteroatoms. The van der Waals surface area contributed by atoms with E-state index >= 15 is 0 Å². The van der Waals surface area contributed by atoms with E-state index in [0.29, 0.717) is 36.5 Å². The van der Waals surface area contributed by atoms with Crippen molar-refractivity contribution in [3.8, 4) is 0 Å². The van der Waals surface area contributed by atoms with Gasteiger partial charge in [-0.1, -0.05) is 0 Å². The number of aryl methyl sites for hydroxylation is 1. The second-order valence-corrected chi connectivity index (χ2v) is 3.75. The molecule has 1 aliphatic rings. The van der Waals surface area contributed by atoms with Gasteiger partial charge in [-0.15, -0.1) is 0 Å². The lowest BCUT2D eigenvalue weighted by molar-refractivity contribution is -0.118. The van der Waals surface area contributed by atoms with E-state index in [9.17, 15) is 9.59 Å². The van der Waals surface area contributed by atoms with Crippen molar-refractivity contribution in [1.82, 2.24) is 9.97 Å². The maximum Gasteiger partial charge on any atom is 0.357 e. The molecule has 0 bridgehead atoms. The van der Waals surface area contributed by atoms with Gasteiger partial charge in [0, 0.05) is 18.4 Å². The largest absolute Gasteiger partial charge is 0.464 e. The Balaban J connectivity index is 2.54. The fourth-order valence-corrected chi connectivity index (χ4v) is 1.87. The number of Topliss-reactive ketones (excluding diaryl/α,β-unsaturated/α-hetero) is 1. The molecule has 0 saturated carbocycles. The van der Waals surface area contributed by atoms with Crippen LogP contribution < -0.4 is 0 Å². The highest BCUT2D eigenvalue weighted by Gasteiger charge is 2.24. The summed E-state index contributed by atoms with van der Waals surface area (Å²) in [7, 11) is 1.32. The van der Waals surface area contributed by atoms with Gasteiger partial charge in [-0.2, -0.15) is 0 Å². The average Bonchev–Trinajstić information content (AvgIpc) is 2.26. The molecule has 1 aromatic rings. The van der Waals surface area contributed by atoms with E-state index in [0.717, 1.165) is 5.56 Å². The van der Waals surface area contributed by atoms with E-state index in [1.807, 2.05) is 0 Å². The van der Waals surface area contributed by atoms with Crippen LogP contribution in [0.15, 0.2) is 0 Å². The summed E-state index contributed by atoms with van der Waals surface area (Å²) in [6.45, 7) is 1.70. The molecule has 1 heterocycles. The summed E-state index contributed by atoms with van der Waals surface area (Å²) in [6.07, 6.45) is 1.27. The van der Waals surface area contributed by atoms with E-state index in [2.05, 4.69) is 14.7 Å². The van der Waals surface area contributed by atoms with Crippen LogP contribution in [0.25, 0.3) is 0 Å². The third-order valence-electron chi connectivity index (χ3n) is 2.60. The Morgan fingerprint density at radius 1 is 1.31 bits per heavy atom. The molecule has 0 spiro atoms. The van der Waals surface area contributed by atoms with E-state index in [1.54, 1.807) is 6.92 Å². The normalized spacial score (nSPS) is 14.5. The Kier molecular flexibility index (Phi) is 2.68. The molecule has 84 valence electrons. The molecule has 5 nitrogen and oxygen atoms in total. The molecule has 0 unspecified atom stereocenters. The van der Waals surface area contributed by atoms with Gasteiger partial charge in [-0.3, -0.25) is 4.79 Å². The molecule has 0 amide bonds. The van der Waals surface area contributed by atoms with Gasteiger partial charge >= 0.3 is 5.97 Å². The molecule has 0 radical (unpaired) electrons. The highest BCUT2D eigenvalue weighted by atomic mass is 16.5. The summed E-state index contributed by atoms with van der Waals surface area (Å²) in [5.74, 6) is 0.186. The van der Waals surface area contributed by atoms with Crippen LogP contribution in [0.5, 0.6) is 0 Å². The van der Waals surface area contributed by atoms with Crippen LogP contribution in [0.4, 0.5) is 0 Å². The lowest BCUT2D eigenvalue weighted by Gasteiger charge is -2.16. The van der Waals surface area contributed by atoms with Crippen LogP contribution in [-0.2, 0) is 22.4 Å². The van der Waals surface area contributed by atoms with E-state index in [-0.39, 0.29) is 5.78 Å². The van der Waals surface area contributed by atoms with Crippen LogP contribution in [0, 0.1) is 6.92 Å². The average molecular weight is 220 g/mol. The molecule has 0 aromatic carbocycles. The molecule has 0 fully saturated rings. The van der Waals surface area contributed by atoms with Crippen molar-refractivity contribution in [2.24, 2.45) is 0 Å². The number of hydrogen-bond donors (Lipinski definition) is 0. The van der Waals surface area contributed by atoms with Gasteiger partial charge in [0.25, 0.3) is 0 Å². The number of carbonyl (C=O) groups excluding carboxylic acids is 2. The first-order valence-corrected chi connectivity index (χ1v) is 5.08. The van der Waals surface area contributed by atoms with Crippen molar-refractivity contribution in [1.29, 1.82) is 0 Å². The molecule has 0 aliphatic heterocycles. The van der Waals surface area contributed by atoms with E-state index < -0.39 is 5.97 Å². The maximum absolute atomic E-state index is 11.5. The molecule has 1 aliphatic carbocycles. The Labute approximate surface area is 92.9 Å². The third-order valence-corrected chi connectivity index (χ3v) is 2.60. The van der Waals surface area contributed by atoms with Crippen molar-refractivity contribution >= 4 is 11.8 Å². The molecular formula is C11H12N2O3. The van der Waals surface area contributed by atoms with Crippen molar-refractivity contribution in [2.45, 2.75) is 26.2 Å². The summed E-state index contributed by atoms with van der Waals surface area (Å²) in [4.78, 5) is 31.1. The van der Waals surface area contributed by atoms with Crippen molar-refractivity contribution in [3.05, 3.63) is 22.8 Å². The quantitative estimate of drug-likeness (QED) is 0.649. The van der Waals surface area contributed by atoms with Crippen molar-refractivity contribution in [2.75, 3.05) is 7.11 Å². The van der Waals surface area contributed by atoms with E-state index in [4.69, 9.17) is 0 Å². The number of rotatable bonds is 1. The van der Waals surface area contributed by atoms with Crippen LogP contribution in [0.1, 0.15) is 34.0 Å². The SMILES string of the molecule is COC(=O)c1nc(C)nc2c1CCC(=O)C2. The van der Waals surface area contributed by atoms with Crippen LogP contribution in [-0.4, -0.2) is 28.8 Å². The predicted octanol–water partition coefficient (Wildman–Crippen LogP) is 0.629. The van der Waals surface area contributed by atoms with Crippen LogP contribution in [0.2, 0.25) is 0 Å². The van der Waals surface area contributed by atoms with Crippen LogP contribution in [0.3, 0.4) is 0 Å². The minimum absolute atomic E-state index is 0.154. The van der Waals surface area contributed by atoms with Gasteiger partial charge in [0.1, 0.15) is 11.6 Å². The highest BCUT2D eigenvalue weighted by molar-refractivity contribution is 5.91. The zero-order valence-electron chi connectivity index (χ0n) is 9.24. The first kappa shape index (κ1) is 10.7. The topological polar surface area (TPSA) is 69.2 Å². The second-order valence-electron chi connectivity index (χ2n) is 3.75. The molecular weight excluding hydrogens is 208 g/mol. The molecule has 1 aromatic heterocycles. The number of aromatic nitrogens is 2. The Hall–Kier alpha value is -1.78. The first-order valence-electron chi connectivity index (χ1n) is 5.08. The van der Waals surface area contributed by atoms with Gasteiger partial charge < -0.3 is 4.74 Å². The molecule has 0 saturated heterocycles. The minimum Gasteiger partial charge on any atom is -0.464 e. The highest BCUT2D eigenvalue weighted by Crippen LogP contribution is 2.20. The van der Waals surface area contributed by atoms with Gasteiger partial charge in [-0.25, -0.2) is 14.8 Å². The predicted molar refractivity (Wildman–Crippen MR) is 55.1 cm³/mol. The lowest BCUT2D eigenvalue weighted by Crippen LogP contribution is -2.21. The van der Waals surface area contributed by atoms with Crippen molar-refractivity contribution < 1.29 is 14.3 Å². The summed E-state index contributed by atoms with van der Waals surface area (Å²) in [5.41, 5.74) is 1.73. The summed E-state index contributed by atoms with van der Waals surface area (Å²) >= 11 is 0. The molecule has 16 heavy (non-hydrogen) atoms. The smallest absolute Gasteiger partial charge is 0.357 e. The molecule has 0 atom stereocenters. The van der Waals surface area contributed by atoms with Gasteiger partial charge in [0.05, 0.1) is 12.8 Å². The molecule has 2 rings (SSSR count). The number of methoxy groups -OCH3 is 1. The zero-order valence-corrected chi connectivity index (χ0v) is 9.24. The summed E-state index contributed by atoms with van der Waals surface area (Å²) in [6, 6.07) is 0. The lowest BCUT2D eigenvalue weighted by atomic mass is 9.93. The van der Waals surface area contributed by atoms with E-state index in [1.165, 1.54) is 7.11 Å². The summed E-state index contributed by atoms with van der Waals surface area (Å²) in [5, 5.41) is 0. The van der Waals surface area contributed by atoms with Gasteiger partial charge in [0.15, 0.2) is 5.69 Å². The number of ether oxygens (including phenoxy) is 1. The van der Waals surface area contributed by atoms with Gasteiger partial charge in [-0.05, 0) is 13.3 Å². The zero-order chi connectivity index (χ0) is 11.7. The van der Waals surface area contributed by atoms with Gasteiger partial charge in [0.2, 0.25) is 0 Å². The minimum atomic E-state index is -0.462. The Morgan fingerprint density at radius 2 is 2.06 bits per heavy atom. The Bertz CT molecular complexity index is 469. The number of carbonyl (C=O) groups is 2. The monoisotopic (exact) mass is 220 g/mol. The third kappa shape index (κ3) is 1.80. The number of fused-ring (bicyclic) bond motifs is 1. The standard InChI is InChI=1S/C11H12N2O3/c1-6-12-9-5-7(14)3-4-8(9)10(13-6)11(15)16-2/h3-5H2,1-2H3. The summed E-state index contributed by atoms with van der Waals surface area (Å²) < 4.78 is 4.67. The fourth-order valence-electron chi connectivity index (χ4n) is 1.87. The van der Waals surface area contributed by atoms with Crippen LogP contribution >= 0.6 is 0 Å². The number of nitrogens with zero attached hydrogens (tertiary/aromatic N) is 2. The number of esters is 1. The first-order chi connectivity index (χ1) is 7.61. The maximum atomic E-state index is 11.5.